The first-order chi connectivity index (χ1) is 16.0. The van der Waals surface area contributed by atoms with E-state index in [4.69, 9.17) is 30.9 Å². The summed E-state index contributed by atoms with van der Waals surface area (Å²) in [6, 6.07) is 20.7. The fourth-order valence-corrected chi connectivity index (χ4v) is 4.09. The summed E-state index contributed by atoms with van der Waals surface area (Å²) in [6.45, 7) is 4.21. The maximum atomic E-state index is 12.7. The van der Waals surface area contributed by atoms with Crippen molar-refractivity contribution in [3.63, 3.8) is 0 Å². The average Bonchev–Trinajstić information content (AvgIpc) is 3.45. The molecule has 0 N–H and O–H groups in total. The zero-order chi connectivity index (χ0) is 22.9. The molecular weight excluding hydrogens is 442 g/mol. The minimum Gasteiger partial charge on any atom is -0.494 e. The number of rotatable bonds is 6. The van der Waals surface area contributed by atoms with E-state index in [0.717, 1.165) is 22.7 Å². The van der Waals surface area contributed by atoms with Gasteiger partial charge in [-0.2, -0.15) is 0 Å². The minimum absolute atomic E-state index is 0.147. The Balaban J connectivity index is 1.64. The predicted octanol–water partition coefficient (Wildman–Crippen LogP) is 5.40. The number of hydrazone groups is 1. The fourth-order valence-electron chi connectivity index (χ4n) is 3.96. The highest BCUT2D eigenvalue weighted by Gasteiger charge is 2.39. The van der Waals surface area contributed by atoms with Crippen molar-refractivity contribution in [3.8, 4) is 17.2 Å². The number of ketones is 1. The lowest BCUT2D eigenvalue weighted by molar-refractivity contribution is -0.111. The van der Waals surface area contributed by atoms with E-state index in [1.54, 1.807) is 12.1 Å². The van der Waals surface area contributed by atoms with Crippen LogP contribution in [0.4, 0.5) is 11.4 Å². The maximum Gasteiger partial charge on any atom is 0.231 e. The molecule has 0 aromatic heterocycles. The highest BCUT2D eigenvalue weighted by molar-refractivity contribution is 6.44. The molecule has 0 saturated heterocycles. The first-order valence-electron chi connectivity index (χ1n) is 10.6. The van der Waals surface area contributed by atoms with Crippen molar-refractivity contribution in [2.75, 3.05) is 23.3 Å². The number of nitrogens with zero attached hydrogens (tertiary/aromatic N) is 3. The molecule has 1 atom stereocenters. The van der Waals surface area contributed by atoms with Gasteiger partial charge in [0.2, 0.25) is 6.79 Å². The van der Waals surface area contributed by atoms with Gasteiger partial charge in [-0.15, -0.1) is 5.10 Å². The topological polar surface area (TPSA) is 63.6 Å². The molecule has 0 unspecified atom stereocenters. The number of carbonyl (C=O) groups is 1. The lowest BCUT2D eigenvalue weighted by Crippen LogP contribution is -2.37. The van der Waals surface area contributed by atoms with Crippen LogP contribution in [0.25, 0.3) is 0 Å². The number of Topliss-reactive ketones (excluding diaryl/α,β-unsaturated/α-hetero) is 1. The van der Waals surface area contributed by atoms with Gasteiger partial charge in [-0.1, -0.05) is 17.7 Å². The number of carbonyl (C=O) groups excluding carboxylic acids is 1. The molecule has 2 heterocycles. The van der Waals surface area contributed by atoms with Crippen LogP contribution in [0.5, 0.6) is 17.2 Å². The molecule has 0 fully saturated rings. The molecule has 3 aromatic rings. The molecule has 2 aliphatic rings. The molecule has 8 heteroatoms. The van der Waals surface area contributed by atoms with E-state index in [2.05, 4.69) is 0 Å². The van der Waals surface area contributed by atoms with Crippen LogP contribution < -0.4 is 24.1 Å². The van der Waals surface area contributed by atoms with Gasteiger partial charge >= 0.3 is 0 Å². The average molecular weight is 464 g/mol. The first kappa shape index (κ1) is 21.2. The van der Waals surface area contributed by atoms with E-state index in [9.17, 15) is 4.79 Å². The highest BCUT2D eigenvalue weighted by atomic mass is 35.5. The normalized spacial score (nSPS) is 16.7. The van der Waals surface area contributed by atoms with E-state index in [-0.39, 0.29) is 12.6 Å². The Hall–Kier alpha value is -3.71. The Morgan fingerprint density at radius 1 is 1.03 bits per heavy atom. The minimum atomic E-state index is -0.433. The second kappa shape index (κ2) is 8.67. The lowest BCUT2D eigenvalue weighted by Gasteiger charge is -2.32. The molecule has 7 nitrogen and oxygen atoms in total. The molecule has 0 saturated carbocycles. The van der Waals surface area contributed by atoms with Crippen LogP contribution in [0.1, 0.15) is 25.6 Å². The second-order valence-electron chi connectivity index (χ2n) is 7.58. The van der Waals surface area contributed by atoms with Crippen LogP contribution in [0, 0.1) is 0 Å². The van der Waals surface area contributed by atoms with Crippen LogP contribution in [0.15, 0.2) is 71.8 Å². The number of amidine groups is 1. The summed E-state index contributed by atoms with van der Waals surface area (Å²) in [5, 5.41) is 7.18. The Kier molecular flexibility index (Phi) is 5.56. The Bertz CT molecular complexity index is 1210. The quantitative estimate of drug-likeness (QED) is 0.488. The number of fused-ring (bicyclic) bond motifs is 1. The van der Waals surface area contributed by atoms with Gasteiger partial charge in [0.15, 0.2) is 29.3 Å². The smallest absolute Gasteiger partial charge is 0.231 e. The molecule has 0 radical (unpaired) electrons. The van der Waals surface area contributed by atoms with Gasteiger partial charge in [-0.25, -0.2) is 5.01 Å². The molecule has 3 aromatic carbocycles. The summed E-state index contributed by atoms with van der Waals surface area (Å²) in [5.41, 5.74) is 2.50. The third kappa shape index (κ3) is 3.96. The van der Waals surface area contributed by atoms with Crippen LogP contribution >= 0.6 is 11.6 Å². The zero-order valence-electron chi connectivity index (χ0n) is 18.2. The maximum absolute atomic E-state index is 12.7. The summed E-state index contributed by atoms with van der Waals surface area (Å²) in [5.74, 6) is 2.29. The first-order valence-corrected chi connectivity index (χ1v) is 11.0. The number of halogens is 1. The largest absolute Gasteiger partial charge is 0.494 e. The van der Waals surface area contributed by atoms with E-state index < -0.39 is 6.17 Å². The summed E-state index contributed by atoms with van der Waals surface area (Å²) < 4.78 is 16.7. The van der Waals surface area contributed by atoms with Crippen LogP contribution in [-0.4, -0.2) is 25.0 Å². The van der Waals surface area contributed by atoms with Crippen LogP contribution in [0.2, 0.25) is 5.02 Å². The Morgan fingerprint density at radius 3 is 2.42 bits per heavy atom. The van der Waals surface area contributed by atoms with Crippen molar-refractivity contribution in [1.29, 1.82) is 0 Å². The SMILES string of the molecule is CCOc1ccc(N2C(C(C)=O)=NN(c3ccc(Cl)cc3)[C@H]2c2ccc3c(c2)OCO3)cc1. The summed E-state index contributed by atoms with van der Waals surface area (Å²) >= 11 is 6.12. The number of hydrogen-bond donors (Lipinski definition) is 0. The van der Waals surface area contributed by atoms with Gasteiger partial charge in [-0.05, 0) is 67.6 Å². The van der Waals surface area contributed by atoms with E-state index in [1.807, 2.05) is 71.4 Å². The zero-order valence-corrected chi connectivity index (χ0v) is 19.0. The number of ether oxygens (including phenoxy) is 3. The Labute approximate surface area is 196 Å². The monoisotopic (exact) mass is 463 g/mol. The van der Waals surface area contributed by atoms with Crippen molar-refractivity contribution in [2.24, 2.45) is 5.10 Å². The molecule has 0 amide bonds. The van der Waals surface area contributed by atoms with Crippen LogP contribution in [0.3, 0.4) is 0 Å². The van der Waals surface area contributed by atoms with Gasteiger partial charge in [0, 0.05) is 23.2 Å². The van der Waals surface area contributed by atoms with Gasteiger partial charge in [0.05, 0.1) is 12.3 Å². The molecule has 33 heavy (non-hydrogen) atoms. The standard InChI is InChI=1S/C25H22ClN3O4/c1-3-31-21-11-9-19(10-12-21)28-24(16(2)30)27-29(20-7-5-18(26)6-8-20)25(28)17-4-13-22-23(14-17)33-15-32-22/h4-14,25H,3,15H2,1-2H3/t25-/m0/s1. The third-order valence-electron chi connectivity index (χ3n) is 5.43. The predicted molar refractivity (Wildman–Crippen MR) is 127 cm³/mol. The van der Waals surface area contributed by atoms with Gasteiger partial charge in [0.25, 0.3) is 0 Å². The second-order valence-corrected chi connectivity index (χ2v) is 8.02. The van der Waals surface area contributed by atoms with Gasteiger partial charge < -0.3 is 14.2 Å². The fraction of sp³-hybridized carbons (Fsp3) is 0.200. The van der Waals surface area contributed by atoms with Crippen molar-refractivity contribution in [3.05, 3.63) is 77.3 Å². The molecular formula is C25H22ClN3O4. The summed E-state index contributed by atoms with van der Waals surface area (Å²) in [7, 11) is 0. The van der Waals surface area contributed by atoms with Crippen LogP contribution in [-0.2, 0) is 4.79 Å². The van der Waals surface area contributed by atoms with Crippen molar-refractivity contribution in [2.45, 2.75) is 20.0 Å². The number of benzene rings is 3. The summed E-state index contributed by atoms with van der Waals surface area (Å²) in [6.07, 6.45) is -0.433. The van der Waals surface area contributed by atoms with Crippen molar-refractivity contribution >= 4 is 34.6 Å². The lowest BCUT2D eigenvalue weighted by atomic mass is 10.1. The summed E-state index contributed by atoms with van der Waals surface area (Å²) in [4.78, 5) is 14.6. The number of anilines is 2. The van der Waals surface area contributed by atoms with E-state index >= 15 is 0 Å². The van der Waals surface area contributed by atoms with E-state index in [0.29, 0.717) is 29.0 Å². The molecule has 0 aliphatic carbocycles. The van der Waals surface area contributed by atoms with Crippen molar-refractivity contribution in [1.82, 2.24) is 0 Å². The highest BCUT2D eigenvalue weighted by Crippen LogP contribution is 2.42. The van der Waals surface area contributed by atoms with Gasteiger partial charge in [-0.3, -0.25) is 9.69 Å². The molecule has 168 valence electrons. The number of hydrogen-bond acceptors (Lipinski definition) is 7. The van der Waals surface area contributed by atoms with Gasteiger partial charge in [0.1, 0.15) is 5.75 Å². The van der Waals surface area contributed by atoms with E-state index in [1.165, 1.54) is 6.92 Å². The third-order valence-corrected chi connectivity index (χ3v) is 5.69. The molecule has 0 spiro atoms. The molecule has 2 aliphatic heterocycles. The molecule has 5 rings (SSSR count). The molecule has 0 bridgehead atoms. The Morgan fingerprint density at radius 2 is 1.73 bits per heavy atom. The van der Waals surface area contributed by atoms with Crippen molar-refractivity contribution < 1.29 is 19.0 Å².